The summed E-state index contributed by atoms with van der Waals surface area (Å²) in [6.07, 6.45) is 7.21. The van der Waals surface area contributed by atoms with Crippen LogP contribution in [-0.4, -0.2) is 43.6 Å². The van der Waals surface area contributed by atoms with Gasteiger partial charge in [0.2, 0.25) is 5.82 Å². The van der Waals surface area contributed by atoms with Gasteiger partial charge in [0, 0.05) is 56.0 Å². The van der Waals surface area contributed by atoms with Crippen molar-refractivity contribution in [2.24, 2.45) is 0 Å². The molecule has 4 aromatic rings. The summed E-state index contributed by atoms with van der Waals surface area (Å²) in [6.45, 7) is 4.06. The normalized spacial score (nSPS) is 16.2. The van der Waals surface area contributed by atoms with Gasteiger partial charge in [-0.15, -0.1) is 0 Å². The topological polar surface area (TPSA) is 82.7 Å². The van der Waals surface area contributed by atoms with Crippen molar-refractivity contribution in [2.45, 2.75) is 51.2 Å². The largest absolute Gasteiger partial charge is 0.367 e. The zero-order chi connectivity index (χ0) is 25.0. The standard InChI is InChI=1S/C30H31N7/c31-20-27-32-16-13-26(34-27)33-25-14-18-36(19-15-25)21-22-9-11-23(12-10-22)29-30(24-6-2-1-3-7-24)37-17-5-4-8-28(37)35-29/h1-3,6-7,9-13,16,25H,4-5,8,14-15,17-19,21H2,(H,32,33,34). The minimum Gasteiger partial charge on any atom is -0.367 e. The Balaban J connectivity index is 1.12. The van der Waals surface area contributed by atoms with Gasteiger partial charge >= 0.3 is 0 Å². The molecule has 4 heterocycles. The summed E-state index contributed by atoms with van der Waals surface area (Å²) in [6, 6.07) is 23.9. The Morgan fingerprint density at radius 1 is 0.892 bits per heavy atom. The molecule has 0 unspecified atom stereocenters. The van der Waals surface area contributed by atoms with Crippen LogP contribution in [0.1, 0.15) is 42.9 Å². The molecule has 6 rings (SSSR count). The van der Waals surface area contributed by atoms with Crippen molar-refractivity contribution < 1.29 is 0 Å². The Bertz CT molecular complexity index is 1390. The van der Waals surface area contributed by atoms with E-state index in [4.69, 9.17) is 10.2 Å². The van der Waals surface area contributed by atoms with Gasteiger partial charge in [0.15, 0.2) is 0 Å². The molecule has 0 aliphatic carbocycles. The number of likely N-dealkylation sites (tertiary alicyclic amines) is 1. The minimum absolute atomic E-state index is 0.206. The van der Waals surface area contributed by atoms with E-state index in [-0.39, 0.29) is 5.82 Å². The number of aromatic nitrogens is 4. The number of rotatable bonds is 6. The summed E-state index contributed by atoms with van der Waals surface area (Å²) >= 11 is 0. The van der Waals surface area contributed by atoms with E-state index >= 15 is 0 Å². The number of imidazole rings is 1. The van der Waals surface area contributed by atoms with E-state index in [0.717, 1.165) is 57.0 Å². The molecule has 2 aromatic heterocycles. The first kappa shape index (κ1) is 23.4. The third-order valence-electron chi connectivity index (χ3n) is 7.45. The molecule has 2 aliphatic heterocycles. The summed E-state index contributed by atoms with van der Waals surface area (Å²) in [5.41, 5.74) is 6.11. The van der Waals surface area contributed by atoms with Crippen LogP contribution in [0.4, 0.5) is 5.82 Å². The van der Waals surface area contributed by atoms with E-state index in [2.05, 4.69) is 79.3 Å². The quantitative estimate of drug-likeness (QED) is 0.396. The lowest BCUT2D eigenvalue weighted by atomic mass is 10.0. The van der Waals surface area contributed by atoms with Crippen molar-refractivity contribution >= 4 is 5.82 Å². The zero-order valence-electron chi connectivity index (χ0n) is 21.0. The molecule has 0 atom stereocenters. The summed E-state index contributed by atoms with van der Waals surface area (Å²) in [5, 5.41) is 12.5. The molecule has 0 saturated carbocycles. The van der Waals surface area contributed by atoms with Crippen molar-refractivity contribution in [1.82, 2.24) is 24.4 Å². The summed E-state index contributed by atoms with van der Waals surface area (Å²) in [4.78, 5) is 15.8. The van der Waals surface area contributed by atoms with Gasteiger partial charge in [0.1, 0.15) is 17.7 Å². The molecule has 1 fully saturated rings. The van der Waals surface area contributed by atoms with Gasteiger partial charge < -0.3 is 9.88 Å². The van der Waals surface area contributed by atoms with E-state index in [1.165, 1.54) is 41.1 Å². The van der Waals surface area contributed by atoms with E-state index in [1.54, 1.807) is 6.20 Å². The van der Waals surface area contributed by atoms with Crippen molar-refractivity contribution in [3.8, 4) is 28.6 Å². The monoisotopic (exact) mass is 489 g/mol. The second-order valence-electron chi connectivity index (χ2n) is 9.97. The van der Waals surface area contributed by atoms with Crippen LogP contribution < -0.4 is 5.32 Å². The number of nitrogens with one attached hydrogen (secondary N) is 1. The fourth-order valence-electron chi connectivity index (χ4n) is 5.54. The Hall–Kier alpha value is -4.02. The van der Waals surface area contributed by atoms with Crippen molar-refractivity contribution in [1.29, 1.82) is 5.26 Å². The van der Waals surface area contributed by atoms with Gasteiger partial charge in [-0.05, 0) is 37.3 Å². The second kappa shape index (κ2) is 10.5. The number of nitrogens with zero attached hydrogens (tertiary/aromatic N) is 6. The summed E-state index contributed by atoms with van der Waals surface area (Å²) < 4.78 is 2.43. The molecule has 186 valence electrons. The Labute approximate surface area is 217 Å². The number of aryl methyl sites for hydroxylation is 1. The van der Waals surface area contributed by atoms with Crippen molar-refractivity contribution in [3.05, 3.63) is 84.1 Å². The zero-order valence-corrected chi connectivity index (χ0v) is 21.0. The van der Waals surface area contributed by atoms with Gasteiger partial charge in [-0.1, -0.05) is 54.6 Å². The Morgan fingerprint density at radius 3 is 2.49 bits per heavy atom. The van der Waals surface area contributed by atoms with Crippen molar-refractivity contribution in [3.63, 3.8) is 0 Å². The van der Waals surface area contributed by atoms with E-state index in [9.17, 15) is 0 Å². The number of anilines is 1. The van der Waals surface area contributed by atoms with Gasteiger partial charge in [-0.25, -0.2) is 15.0 Å². The molecule has 7 nitrogen and oxygen atoms in total. The van der Waals surface area contributed by atoms with Crippen LogP contribution >= 0.6 is 0 Å². The maximum absolute atomic E-state index is 9.01. The van der Waals surface area contributed by atoms with Gasteiger partial charge in [0.05, 0.1) is 11.4 Å². The molecule has 37 heavy (non-hydrogen) atoms. The molecular weight excluding hydrogens is 458 g/mol. The first-order chi connectivity index (χ1) is 18.3. The van der Waals surface area contributed by atoms with Crippen LogP contribution in [0.25, 0.3) is 22.5 Å². The third-order valence-corrected chi connectivity index (χ3v) is 7.45. The molecular formula is C30H31N7. The molecule has 1 saturated heterocycles. The highest BCUT2D eigenvalue weighted by molar-refractivity contribution is 5.79. The molecule has 2 aliphatic rings. The van der Waals surface area contributed by atoms with E-state index < -0.39 is 0 Å². The molecule has 0 radical (unpaired) electrons. The maximum Gasteiger partial charge on any atom is 0.234 e. The fraction of sp³-hybridized carbons (Fsp3) is 0.333. The lowest BCUT2D eigenvalue weighted by Crippen LogP contribution is -2.38. The SMILES string of the molecule is N#Cc1nccc(NC2CCN(Cc3ccc(-c4nc5n(c4-c4ccccc4)CCCC5)cc3)CC2)n1. The van der Waals surface area contributed by atoms with Crippen LogP contribution in [-0.2, 0) is 19.5 Å². The number of piperidine rings is 1. The fourth-order valence-corrected chi connectivity index (χ4v) is 5.54. The smallest absolute Gasteiger partial charge is 0.234 e. The molecule has 7 heteroatoms. The van der Waals surface area contributed by atoms with E-state index in [0.29, 0.717) is 6.04 Å². The highest BCUT2D eigenvalue weighted by Crippen LogP contribution is 2.35. The highest BCUT2D eigenvalue weighted by Gasteiger charge is 2.23. The summed E-state index contributed by atoms with van der Waals surface area (Å²) in [5.74, 6) is 2.15. The average molecular weight is 490 g/mol. The molecule has 1 N–H and O–H groups in total. The first-order valence-corrected chi connectivity index (χ1v) is 13.2. The van der Waals surface area contributed by atoms with Crippen molar-refractivity contribution in [2.75, 3.05) is 18.4 Å². The van der Waals surface area contributed by atoms with Crippen LogP contribution in [0.15, 0.2) is 66.9 Å². The molecule has 0 amide bonds. The Morgan fingerprint density at radius 2 is 1.70 bits per heavy atom. The average Bonchev–Trinajstić information content (AvgIpc) is 3.35. The highest BCUT2D eigenvalue weighted by atomic mass is 15.2. The lowest BCUT2D eigenvalue weighted by molar-refractivity contribution is 0.211. The number of hydrogen-bond acceptors (Lipinski definition) is 6. The number of nitriles is 1. The van der Waals surface area contributed by atoms with Crippen LogP contribution in [0.3, 0.4) is 0 Å². The van der Waals surface area contributed by atoms with Gasteiger partial charge in [0.25, 0.3) is 0 Å². The lowest BCUT2D eigenvalue weighted by Gasteiger charge is -2.32. The predicted octanol–water partition coefficient (Wildman–Crippen LogP) is 5.29. The van der Waals surface area contributed by atoms with Gasteiger partial charge in [-0.3, -0.25) is 4.90 Å². The maximum atomic E-state index is 9.01. The summed E-state index contributed by atoms with van der Waals surface area (Å²) in [7, 11) is 0. The van der Waals surface area contributed by atoms with Crippen LogP contribution in [0.5, 0.6) is 0 Å². The molecule has 2 aromatic carbocycles. The van der Waals surface area contributed by atoms with Crippen LogP contribution in [0, 0.1) is 11.3 Å². The number of benzene rings is 2. The first-order valence-electron chi connectivity index (χ1n) is 13.2. The number of hydrogen-bond donors (Lipinski definition) is 1. The second-order valence-corrected chi connectivity index (χ2v) is 9.97. The van der Waals surface area contributed by atoms with Crippen LogP contribution in [0.2, 0.25) is 0 Å². The van der Waals surface area contributed by atoms with E-state index in [1.807, 2.05) is 12.1 Å². The predicted molar refractivity (Wildman–Crippen MR) is 145 cm³/mol. The molecule has 0 spiro atoms. The third kappa shape index (κ3) is 5.11. The minimum atomic E-state index is 0.206. The molecule has 0 bridgehead atoms. The van der Waals surface area contributed by atoms with Gasteiger partial charge in [-0.2, -0.15) is 5.26 Å². The Kier molecular flexibility index (Phi) is 6.66. The number of fused-ring (bicyclic) bond motifs is 1.